The number of nitrogen functional groups attached to an aromatic ring is 1. The van der Waals surface area contributed by atoms with E-state index in [1.165, 1.54) is 0 Å². The molecular formula is C12H19N3O2. The van der Waals surface area contributed by atoms with Crippen LogP contribution < -0.4 is 15.4 Å². The summed E-state index contributed by atoms with van der Waals surface area (Å²) in [7, 11) is 0. The summed E-state index contributed by atoms with van der Waals surface area (Å²) < 4.78 is 5.38. The second-order valence-electron chi connectivity index (χ2n) is 4.28. The molecule has 5 nitrogen and oxygen atoms in total. The van der Waals surface area contributed by atoms with Gasteiger partial charge in [0, 0.05) is 25.6 Å². The zero-order valence-electron chi connectivity index (χ0n) is 10.1. The van der Waals surface area contributed by atoms with Crippen LogP contribution in [0.25, 0.3) is 0 Å². The van der Waals surface area contributed by atoms with Crippen LogP contribution in [0.4, 0.5) is 11.5 Å². The number of nitrogens with two attached hydrogens (primary N) is 1. The summed E-state index contributed by atoms with van der Waals surface area (Å²) in [6, 6.07) is 3.72. The van der Waals surface area contributed by atoms with Crippen LogP contribution in [0, 0.1) is 5.92 Å². The largest absolute Gasteiger partial charge is 0.476 e. The Hall–Kier alpha value is -1.49. The molecule has 1 saturated heterocycles. The molecule has 3 N–H and O–H groups in total. The molecule has 1 fully saturated rings. The summed E-state index contributed by atoms with van der Waals surface area (Å²) in [6.45, 7) is 4.47. The van der Waals surface area contributed by atoms with Crippen LogP contribution in [0.1, 0.15) is 13.3 Å². The Balaban J connectivity index is 2.13. The number of hydrogen-bond donors (Lipinski definition) is 2. The number of nitrogens with zero attached hydrogens (tertiary/aromatic N) is 2. The lowest BCUT2D eigenvalue weighted by molar-refractivity contribution is 0.238. The minimum absolute atomic E-state index is 0.240. The van der Waals surface area contributed by atoms with Crippen molar-refractivity contribution in [2.45, 2.75) is 13.3 Å². The molecule has 0 radical (unpaired) electrons. The van der Waals surface area contributed by atoms with Gasteiger partial charge < -0.3 is 20.5 Å². The molecule has 2 rings (SSSR count). The average Bonchev–Trinajstić information content (AvgIpc) is 2.81. The molecule has 94 valence electrons. The molecule has 0 saturated carbocycles. The van der Waals surface area contributed by atoms with Crippen LogP contribution >= 0.6 is 0 Å². The van der Waals surface area contributed by atoms with Crippen molar-refractivity contribution in [1.29, 1.82) is 0 Å². The highest BCUT2D eigenvalue weighted by Gasteiger charge is 2.23. The van der Waals surface area contributed by atoms with E-state index in [1.807, 2.05) is 19.1 Å². The number of aliphatic hydroxyl groups is 1. The molecule has 1 unspecified atom stereocenters. The van der Waals surface area contributed by atoms with E-state index < -0.39 is 0 Å². The molecule has 0 aliphatic carbocycles. The number of rotatable bonds is 4. The lowest BCUT2D eigenvalue weighted by atomic mass is 10.1. The number of hydrogen-bond acceptors (Lipinski definition) is 5. The Morgan fingerprint density at radius 1 is 1.59 bits per heavy atom. The van der Waals surface area contributed by atoms with Gasteiger partial charge in [-0.2, -0.15) is 4.98 Å². The van der Waals surface area contributed by atoms with Gasteiger partial charge in [0.15, 0.2) is 0 Å². The van der Waals surface area contributed by atoms with Crippen molar-refractivity contribution < 1.29 is 9.84 Å². The SMILES string of the molecule is CCOc1nc(N2CCC(CO)C2)ccc1N. The van der Waals surface area contributed by atoms with E-state index in [4.69, 9.17) is 15.6 Å². The van der Waals surface area contributed by atoms with Crippen LogP contribution in [0.15, 0.2) is 12.1 Å². The molecular weight excluding hydrogens is 218 g/mol. The first-order valence-electron chi connectivity index (χ1n) is 5.99. The third kappa shape index (κ3) is 2.61. The smallest absolute Gasteiger partial charge is 0.239 e. The van der Waals surface area contributed by atoms with E-state index in [-0.39, 0.29) is 6.61 Å². The standard InChI is InChI=1S/C12H19N3O2/c1-2-17-12-10(13)3-4-11(14-12)15-6-5-9(7-15)8-16/h3-4,9,16H,2,5-8,13H2,1H3. The van der Waals surface area contributed by atoms with Gasteiger partial charge >= 0.3 is 0 Å². The molecule has 1 aliphatic rings. The van der Waals surface area contributed by atoms with Gasteiger partial charge in [-0.3, -0.25) is 0 Å². The second kappa shape index (κ2) is 5.23. The maximum atomic E-state index is 9.12. The van der Waals surface area contributed by atoms with Gasteiger partial charge in [0.2, 0.25) is 5.88 Å². The minimum Gasteiger partial charge on any atom is -0.476 e. The van der Waals surface area contributed by atoms with Crippen molar-refractivity contribution in [2.75, 3.05) is 36.9 Å². The zero-order chi connectivity index (χ0) is 12.3. The van der Waals surface area contributed by atoms with Gasteiger partial charge in [-0.1, -0.05) is 0 Å². The summed E-state index contributed by atoms with van der Waals surface area (Å²) in [5, 5.41) is 9.12. The highest BCUT2D eigenvalue weighted by atomic mass is 16.5. The Morgan fingerprint density at radius 3 is 3.06 bits per heavy atom. The number of aromatic nitrogens is 1. The van der Waals surface area contributed by atoms with Crippen LogP contribution in [0.5, 0.6) is 5.88 Å². The van der Waals surface area contributed by atoms with E-state index in [0.29, 0.717) is 24.1 Å². The quantitative estimate of drug-likeness (QED) is 0.813. The number of anilines is 2. The van der Waals surface area contributed by atoms with E-state index in [1.54, 1.807) is 0 Å². The Kier molecular flexibility index (Phi) is 3.68. The molecule has 1 aromatic rings. The summed E-state index contributed by atoms with van der Waals surface area (Å²) in [5.41, 5.74) is 6.35. The predicted octanol–water partition coefficient (Wildman–Crippen LogP) is 0.881. The van der Waals surface area contributed by atoms with Crippen molar-refractivity contribution in [2.24, 2.45) is 5.92 Å². The molecule has 17 heavy (non-hydrogen) atoms. The van der Waals surface area contributed by atoms with Gasteiger partial charge in [0.25, 0.3) is 0 Å². The van der Waals surface area contributed by atoms with Gasteiger partial charge in [-0.05, 0) is 25.5 Å². The normalized spacial score (nSPS) is 19.6. The fourth-order valence-corrected chi connectivity index (χ4v) is 2.06. The molecule has 0 amide bonds. The first kappa shape index (κ1) is 12.0. The number of ether oxygens (including phenoxy) is 1. The van der Waals surface area contributed by atoms with Crippen LogP contribution in [-0.4, -0.2) is 36.4 Å². The molecule has 5 heteroatoms. The highest BCUT2D eigenvalue weighted by Crippen LogP contribution is 2.26. The fraction of sp³-hybridized carbons (Fsp3) is 0.583. The van der Waals surface area contributed by atoms with Gasteiger partial charge in [0.05, 0.1) is 12.3 Å². The number of pyridine rings is 1. The Morgan fingerprint density at radius 2 is 2.41 bits per heavy atom. The maximum absolute atomic E-state index is 9.12. The lowest BCUT2D eigenvalue weighted by Crippen LogP contribution is -2.22. The molecule has 0 bridgehead atoms. The van der Waals surface area contributed by atoms with Crippen molar-refractivity contribution >= 4 is 11.5 Å². The van der Waals surface area contributed by atoms with E-state index in [9.17, 15) is 0 Å². The Labute approximate surface area is 101 Å². The molecule has 0 spiro atoms. The van der Waals surface area contributed by atoms with Crippen LogP contribution in [-0.2, 0) is 0 Å². The van der Waals surface area contributed by atoms with E-state index in [2.05, 4.69) is 9.88 Å². The summed E-state index contributed by atoms with van der Waals surface area (Å²) in [5.74, 6) is 1.72. The molecule has 1 aliphatic heterocycles. The monoisotopic (exact) mass is 237 g/mol. The topological polar surface area (TPSA) is 71.6 Å². The highest BCUT2D eigenvalue weighted by molar-refractivity contribution is 5.54. The van der Waals surface area contributed by atoms with E-state index >= 15 is 0 Å². The minimum atomic E-state index is 0.240. The van der Waals surface area contributed by atoms with Crippen LogP contribution in [0.2, 0.25) is 0 Å². The molecule has 2 heterocycles. The maximum Gasteiger partial charge on any atom is 0.239 e. The van der Waals surface area contributed by atoms with E-state index in [0.717, 1.165) is 25.3 Å². The third-order valence-corrected chi connectivity index (χ3v) is 3.02. The van der Waals surface area contributed by atoms with Crippen molar-refractivity contribution in [3.8, 4) is 5.88 Å². The summed E-state index contributed by atoms with van der Waals surface area (Å²) in [4.78, 5) is 6.57. The summed E-state index contributed by atoms with van der Waals surface area (Å²) >= 11 is 0. The zero-order valence-corrected chi connectivity index (χ0v) is 10.1. The van der Waals surface area contributed by atoms with Gasteiger partial charge in [-0.15, -0.1) is 0 Å². The number of aliphatic hydroxyl groups excluding tert-OH is 1. The Bertz CT molecular complexity index is 384. The molecule has 1 atom stereocenters. The molecule has 1 aromatic heterocycles. The van der Waals surface area contributed by atoms with Crippen LogP contribution in [0.3, 0.4) is 0 Å². The fourth-order valence-electron chi connectivity index (χ4n) is 2.06. The average molecular weight is 237 g/mol. The first-order chi connectivity index (χ1) is 8.24. The third-order valence-electron chi connectivity index (χ3n) is 3.02. The predicted molar refractivity (Wildman–Crippen MR) is 67.2 cm³/mol. The van der Waals surface area contributed by atoms with Crippen molar-refractivity contribution in [1.82, 2.24) is 4.98 Å². The van der Waals surface area contributed by atoms with Crippen molar-refractivity contribution in [3.05, 3.63) is 12.1 Å². The lowest BCUT2D eigenvalue weighted by Gasteiger charge is -2.18. The first-order valence-corrected chi connectivity index (χ1v) is 5.99. The van der Waals surface area contributed by atoms with Gasteiger partial charge in [0.1, 0.15) is 5.82 Å². The molecule has 0 aromatic carbocycles. The van der Waals surface area contributed by atoms with Gasteiger partial charge in [-0.25, -0.2) is 0 Å². The summed E-state index contributed by atoms with van der Waals surface area (Å²) in [6.07, 6.45) is 1.01. The van der Waals surface area contributed by atoms with Crippen molar-refractivity contribution in [3.63, 3.8) is 0 Å². The second-order valence-corrected chi connectivity index (χ2v) is 4.28.